The van der Waals surface area contributed by atoms with Crippen LogP contribution in [0.15, 0.2) is 40.2 Å². The first-order chi connectivity index (χ1) is 13.8. The molecule has 1 aromatic rings. The molecule has 0 amide bonds. The summed E-state index contributed by atoms with van der Waals surface area (Å²) in [7, 11) is -3.07. The minimum absolute atomic E-state index is 0.00528. The standard InChI is InChI=1S/C20H22N2O6S/c1-13(2)21-10-8-14(9-11-21)17-12-15-4-3-5-16(22(25)26)20(15)29(17)27-18(23)6-7-19(24)28-29/h3-7,12-14H,8-11H2,1-2H3. The van der Waals surface area contributed by atoms with E-state index in [2.05, 4.69) is 18.7 Å². The predicted molar refractivity (Wildman–Crippen MR) is 108 cm³/mol. The van der Waals surface area contributed by atoms with E-state index < -0.39 is 27.5 Å². The summed E-state index contributed by atoms with van der Waals surface area (Å²) in [6.45, 7) is 5.99. The fourth-order valence-electron chi connectivity index (χ4n) is 4.10. The molecular weight excluding hydrogens is 396 g/mol. The van der Waals surface area contributed by atoms with Crippen molar-refractivity contribution >= 4 is 34.3 Å². The van der Waals surface area contributed by atoms with Crippen LogP contribution in [0.5, 0.6) is 0 Å². The molecule has 0 aromatic heterocycles. The molecular formula is C20H22N2O6S. The number of rotatable bonds is 3. The summed E-state index contributed by atoms with van der Waals surface area (Å²) in [5.74, 6) is -1.46. The minimum atomic E-state index is -3.07. The molecule has 3 aliphatic heterocycles. The van der Waals surface area contributed by atoms with Gasteiger partial charge < -0.3 is 13.3 Å². The maximum absolute atomic E-state index is 12.3. The summed E-state index contributed by atoms with van der Waals surface area (Å²) in [5, 5.41) is 11.7. The first kappa shape index (κ1) is 19.7. The van der Waals surface area contributed by atoms with E-state index in [0.29, 0.717) is 16.5 Å². The monoisotopic (exact) mass is 418 g/mol. The summed E-state index contributed by atoms with van der Waals surface area (Å²) < 4.78 is 11.4. The van der Waals surface area contributed by atoms with Gasteiger partial charge in [-0.25, -0.2) is 9.59 Å². The molecule has 0 bridgehead atoms. The Morgan fingerprint density at radius 3 is 2.31 bits per heavy atom. The van der Waals surface area contributed by atoms with Crippen molar-refractivity contribution in [2.24, 2.45) is 5.92 Å². The van der Waals surface area contributed by atoms with E-state index in [0.717, 1.165) is 38.1 Å². The van der Waals surface area contributed by atoms with Crippen LogP contribution in [0.1, 0.15) is 32.3 Å². The molecule has 1 aromatic carbocycles. The summed E-state index contributed by atoms with van der Waals surface area (Å²) >= 11 is 0. The second-order valence-electron chi connectivity index (χ2n) is 7.54. The van der Waals surface area contributed by atoms with Crippen LogP contribution in [0.3, 0.4) is 0 Å². The Hall–Kier alpha value is -2.65. The molecule has 154 valence electrons. The Morgan fingerprint density at radius 2 is 1.76 bits per heavy atom. The molecule has 0 aliphatic carbocycles. The van der Waals surface area contributed by atoms with Crippen LogP contribution < -0.4 is 0 Å². The van der Waals surface area contributed by atoms with Crippen molar-refractivity contribution < 1.29 is 22.9 Å². The summed E-state index contributed by atoms with van der Waals surface area (Å²) in [4.78, 5) is 39.1. The van der Waals surface area contributed by atoms with E-state index in [1.54, 1.807) is 12.1 Å². The van der Waals surface area contributed by atoms with Gasteiger partial charge in [0.05, 0.1) is 9.83 Å². The number of likely N-dealkylation sites (tertiary alicyclic amines) is 1. The van der Waals surface area contributed by atoms with Gasteiger partial charge in [0.2, 0.25) is 0 Å². The number of allylic oxidation sites excluding steroid dienone is 1. The molecule has 1 fully saturated rings. The van der Waals surface area contributed by atoms with Crippen LogP contribution in [0.2, 0.25) is 0 Å². The van der Waals surface area contributed by atoms with Crippen molar-refractivity contribution in [2.45, 2.75) is 37.6 Å². The smallest absolute Gasteiger partial charge is 0.331 e. The molecule has 4 rings (SSSR count). The van der Waals surface area contributed by atoms with Crippen molar-refractivity contribution in [1.82, 2.24) is 4.90 Å². The van der Waals surface area contributed by atoms with Crippen molar-refractivity contribution in [3.05, 3.63) is 50.9 Å². The lowest BCUT2D eigenvalue weighted by molar-refractivity contribution is -0.387. The van der Waals surface area contributed by atoms with Gasteiger partial charge in [-0.15, -0.1) is 0 Å². The van der Waals surface area contributed by atoms with Gasteiger partial charge in [0.25, 0.3) is 5.69 Å². The lowest BCUT2D eigenvalue weighted by atomic mass is 9.94. The molecule has 3 aliphatic rings. The zero-order chi connectivity index (χ0) is 20.8. The highest BCUT2D eigenvalue weighted by molar-refractivity contribution is 8.30. The lowest BCUT2D eigenvalue weighted by Gasteiger charge is -2.43. The van der Waals surface area contributed by atoms with Gasteiger partial charge in [0.15, 0.2) is 4.90 Å². The van der Waals surface area contributed by atoms with Gasteiger partial charge in [-0.05, 0) is 56.4 Å². The topological polar surface area (TPSA) is 99.0 Å². The third-order valence-corrected chi connectivity index (χ3v) is 8.37. The van der Waals surface area contributed by atoms with Crippen molar-refractivity contribution in [1.29, 1.82) is 0 Å². The average Bonchev–Trinajstić information content (AvgIpc) is 2.90. The number of benzene rings is 1. The second-order valence-corrected chi connectivity index (χ2v) is 9.76. The Labute approximate surface area is 170 Å². The summed E-state index contributed by atoms with van der Waals surface area (Å²) in [6, 6.07) is 5.09. The van der Waals surface area contributed by atoms with Crippen LogP contribution in [-0.2, 0) is 18.0 Å². The molecule has 29 heavy (non-hydrogen) atoms. The molecule has 0 saturated carbocycles. The number of fused-ring (bicyclic) bond motifs is 2. The van der Waals surface area contributed by atoms with Gasteiger partial charge in [-0.3, -0.25) is 10.1 Å². The Kier molecular flexibility index (Phi) is 4.95. The summed E-state index contributed by atoms with van der Waals surface area (Å²) in [6.07, 6.45) is 5.43. The normalized spacial score (nSPS) is 22.7. The van der Waals surface area contributed by atoms with Gasteiger partial charge in [-0.2, -0.15) is 0 Å². The van der Waals surface area contributed by atoms with E-state index in [4.69, 9.17) is 8.37 Å². The van der Waals surface area contributed by atoms with E-state index in [9.17, 15) is 19.7 Å². The third-order valence-electron chi connectivity index (χ3n) is 5.51. The largest absolute Gasteiger partial charge is 0.354 e. The average molecular weight is 418 g/mol. The first-order valence-electron chi connectivity index (χ1n) is 9.53. The molecule has 1 saturated heterocycles. The Morgan fingerprint density at radius 1 is 1.14 bits per heavy atom. The number of piperidine rings is 1. The maximum atomic E-state index is 12.3. The van der Waals surface area contributed by atoms with Gasteiger partial charge in [0.1, 0.15) is 0 Å². The lowest BCUT2D eigenvalue weighted by Crippen LogP contribution is -2.39. The van der Waals surface area contributed by atoms with E-state index in [1.807, 2.05) is 6.08 Å². The van der Waals surface area contributed by atoms with E-state index in [1.165, 1.54) is 6.07 Å². The van der Waals surface area contributed by atoms with Crippen LogP contribution in [0.4, 0.5) is 5.69 Å². The van der Waals surface area contributed by atoms with Crippen molar-refractivity contribution in [3.8, 4) is 0 Å². The molecule has 9 heteroatoms. The van der Waals surface area contributed by atoms with Crippen molar-refractivity contribution in [2.75, 3.05) is 13.1 Å². The number of nitrogens with zero attached hydrogens (tertiary/aromatic N) is 2. The molecule has 3 heterocycles. The fraction of sp³-hybridized carbons (Fsp3) is 0.400. The van der Waals surface area contributed by atoms with Crippen LogP contribution in [-0.4, -0.2) is 40.9 Å². The Balaban J connectivity index is 1.81. The number of carbonyl (C=O) groups is 2. The number of nitro groups is 1. The third kappa shape index (κ3) is 3.34. The highest BCUT2D eigenvalue weighted by Gasteiger charge is 2.49. The first-order valence-corrected chi connectivity index (χ1v) is 11.0. The van der Waals surface area contributed by atoms with E-state index >= 15 is 0 Å². The quantitative estimate of drug-likeness (QED) is 0.545. The molecule has 1 spiro atoms. The number of nitro benzene ring substituents is 1. The molecule has 0 atom stereocenters. The zero-order valence-electron chi connectivity index (χ0n) is 16.2. The molecule has 0 unspecified atom stereocenters. The van der Waals surface area contributed by atoms with Crippen LogP contribution in [0, 0.1) is 16.0 Å². The van der Waals surface area contributed by atoms with Gasteiger partial charge in [-0.1, -0.05) is 12.1 Å². The minimum Gasteiger partial charge on any atom is -0.331 e. The van der Waals surface area contributed by atoms with E-state index in [-0.39, 0.29) is 16.5 Å². The van der Waals surface area contributed by atoms with Gasteiger partial charge in [0, 0.05) is 35.7 Å². The van der Waals surface area contributed by atoms with Gasteiger partial charge >= 0.3 is 11.9 Å². The number of carbonyl (C=O) groups excluding carboxylic acids is 2. The number of hydrogen-bond acceptors (Lipinski definition) is 7. The summed E-state index contributed by atoms with van der Waals surface area (Å²) in [5.41, 5.74) is 0.365. The highest BCUT2D eigenvalue weighted by Crippen LogP contribution is 2.74. The SMILES string of the molecule is CC(C)N1CCC(C2=Cc3cccc([N+](=O)[O-])c3S23OC(=O)C=CC(=O)O3)CC1. The predicted octanol–water partition coefficient (Wildman–Crippen LogP) is 3.72. The molecule has 8 nitrogen and oxygen atoms in total. The second kappa shape index (κ2) is 7.31. The van der Waals surface area contributed by atoms with Crippen molar-refractivity contribution in [3.63, 3.8) is 0 Å². The maximum Gasteiger partial charge on any atom is 0.354 e. The fourth-order valence-corrected chi connectivity index (χ4v) is 7.11. The molecule has 0 N–H and O–H groups in total. The Bertz CT molecular complexity index is 926. The highest BCUT2D eigenvalue weighted by atomic mass is 32.3. The van der Waals surface area contributed by atoms with Crippen LogP contribution in [0.25, 0.3) is 6.08 Å². The van der Waals surface area contributed by atoms with Crippen LogP contribution >= 0.6 is 10.6 Å². The molecule has 0 radical (unpaired) electrons. The zero-order valence-corrected chi connectivity index (χ0v) is 17.0. The number of hydrogen-bond donors (Lipinski definition) is 0.